The summed E-state index contributed by atoms with van der Waals surface area (Å²) in [5.74, 6) is -0.903. The highest BCUT2D eigenvalue weighted by molar-refractivity contribution is 5.90. The molecule has 0 aliphatic heterocycles. The maximum absolute atomic E-state index is 12.4. The van der Waals surface area contributed by atoms with E-state index in [1.165, 1.54) is 30.3 Å². The van der Waals surface area contributed by atoms with Crippen molar-refractivity contribution in [2.45, 2.75) is 39.4 Å². The van der Waals surface area contributed by atoms with Gasteiger partial charge in [-0.15, -0.1) is 0 Å². The van der Waals surface area contributed by atoms with Crippen molar-refractivity contribution in [2.24, 2.45) is 0 Å². The highest BCUT2D eigenvalue weighted by atomic mass is 19.3. The number of halogens is 2. The molecule has 2 aromatic carbocycles. The van der Waals surface area contributed by atoms with Crippen molar-refractivity contribution in [3.63, 3.8) is 0 Å². The van der Waals surface area contributed by atoms with Crippen LogP contribution >= 0.6 is 0 Å². The molecular weight excluding hydrogens is 360 g/mol. The number of nitro groups is 1. The summed E-state index contributed by atoms with van der Waals surface area (Å²) in [7, 11) is 0. The molecule has 0 bridgehead atoms. The van der Waals surface area contributed by atoms with Gasteiger partial charge in [0.1, 0.15) is 12.4 Å². The number of para-hydroxylation sites is 1. The summed E-state index contributed by atoms with van der Waals surface area (Å²) in [6.07, 6.45) is 0. The minimum absolute atomic E-state index is 0.00181. The lowest BCUT2D eigenvalue weighted by Gasteiger charge is -2.19. The average Bonchev–Trinajstić information content (AvgIpc) is 2.58. The summed E-state index contributed by atoms with van der Waals surface area (Å²) < 4.78 is 34.3. The van der Waals surface area contributed by atoms with E-state index < -0.39 is 22.9 Å². The van der Waals surface area contributed by atoms with E-state index in [1.807, 2.05) is 20.8 Å². The molecule has 2 aromatic rings. The van der Waals surface area contributed by atoms with Gasteiger partial charge in [0.2, 0.25) is 0 Å². The SMILES string of the molecule is CC(C)(C)c1ccc(C(=O)OCc2ccccc2OC(F)F)cc1[N+](=O)[O-]. The molecule has 8 heteroatoms. The van der Waals surface area contributed by atoms with Crippen LogP contribution in [0.1, 0.15) is 42.3 Å². The van der Waals surface area contributed by atoms with E-state index in [0.29, 0.717) is 5.56 Å². The van der Waals surface area contributed by atoms with Crippen LogP contribution in [-0.4, -0.2) is 17.5 Å². The first-order valence-corrected chi connectivity index (χ1v) is 8.08. The zero-order chi connectivity index (χ0) is 20.2. The first-order chi connectivity index (χ1) is 12.6. The van der Waals surface area contributed by atoms with E-state index in [4.69, 9.17) is 4.74 Å². The molecule has 0 spiro atoms. The summed E-state index contributed by atoms with van der Waals surface area (Å²) in [6, 6.07) is 10.0. The van der Waals surface area contributed by atoms with Gasteiger partial charge < -0.3 is 9.47 Å². The van der Waals surface area contributed by atoms with Gasteiger partial charge >= 0.3 is 12.6 Å². The van der Waals surface area contributed by atoms with Gasteiger partial charge in [-0.3, -0.25) is 10.1 Å². The van der Waals surface area contributed by atoms with Crippen molar-refractivity contribution in [1.29, 1.82) is 0 Å². The monoisotopic (exact) mass is 379 g/mol. The fraction of sp³-hybridized carbons (Fsp3) is 0.316. The van der Waals surface area contributed by atoms with Crippen molar-refractivity contribution in [3.8, 4) is 5.75 Å². The summed E-state index contributed by atoms with van der Waals surface area (Å²) >= 11 is 0. The first-order valence-electron chi connectivity index (χ1n) is 8.08. The lowest BCUT2D eigenvalue weighted by molar-refractivity contribution is -0.386. The molecule has 0 N–H and O–H groups in total. The largest absolute Gasteiger partial charge is 0.457 e. The topological polar surface area (TPSA) is 78.7 Å². The van der Waals surface area contributed by atoms with E-state index in [-0.39, 0.29) is 29.2 Å². The van der Waals surface area contributed by atoms with Gasteiger partial charge in [-0.1, -0.05) is 45.0 Å². The Hall–Kier alpha value is -3.03. The Morgan fingerprint density at radius 3 is 2.44 bits per heavy atom. The first kappa shape index (κ1) is 20.3. The third-order valence-corrected chi connectivity index (χ3v) is 3.79. The van der Waals surface area contributed by atoms with Gasteiger partial charge in [-0.25, -0.2) is 4.79 Å². The van der Waals surface area contributed by atoms with E-state index >= 15 is 0 Å². The molecular formula is C19H19F2NO5. The molecule has 0 aliphatic rings. The van der Waals surface area contributed by atoms with Gasteiger partial charge in [-0.2, -0.15) is 8.78 Å². The Morgan fingerprint density at radius 2 is 1.85 bits per heavy atom. The van der Waals surface area contributed by atoms with Gasteiger partial charge in [0.15, 0.2) is 0 Å². The van der Waals surface area contributed by atoms with Gasteiger partial charge in [0.05, 0.1) is 10.5 Å². The van der Waals surface area contributed by atoms with Crippen LogP contribution in [0.25, 0.3) is 0 Å². The van der Waals surface area contributed by atoms with E-state index in [0.717, 1.165) is 6.07 Å². The number of ether oxygens (including phenoxy) is 2. The van der Waals surface area contributed by atoms with Crippen molar-refractivity contribution < 1.29 is 28.0 Å². The predicted molar refractivity (Wildman–Crippen MR) is 94.0 cm³/mol. The number of nitrogens with zero attached hydrogens (tertiary/aromatic N) is 1. The third kappa shape index (κ3) is 5.22. The van der Waals surface area contributed by atoms with Crippen molar-refractivity contribution in [2.75, 3.05) is 0 Å². The molecule has 0 fully saturated rings. The number of esters is 1. The molecule has 0 aromatic heterocycles. The smallest absolute Gasteiger partial charge is 0.387 e. The van der Waals surface area contributed by atoms with Crippen LogP contribution < -0.4 is 4.74 Å². The molecule has 0 aliphatic carbocycles. The summed E-state index contributed by atoms with van der Waals surface area (Å²) in [5.41, 5.74) is 0.0863. The standard InChI is InChI=1S/C19H19F2NO5/c1-19(2,3)14-9-8-12(10-15(14)22(24)25)17(23)26-11-13-6-4-5-7-16(13)27-18(20)21/h4-10,18H,11H2,1-3H3. The lowest BCUT2D eigenvalue weighted by atomic mass is 9.85. The Morgan fingerprint density at radius 1 is 1.19 bits per heavy atom. The Bertz CT molecular complexity index is 846. The van der Waals surface area contributed by atoms with Crippen LogP contribution in [0.2, 0.25) is 0 Å². The maximum Gasteiger partial charge on any atom is 0.387 e. The Kier molecular flexibility index (Phi) is 6.09. The third-order valence-electron chi connectivity index (χ3n) is 3.79. The number of carbonyl (C=O) groups excluding carboxylic acids is 1. The second-order valence-corrected chi connectivity index (χ2v) is 6.80. The Balaban J connectivity index is 2.20. The number of alkyl halides is 2. The number of carbonyl (C=O) groups is 1. The predicted octanol–water partition coefficient (Wildman–Crippen LogP) is 4.85. The molecule has 0 saturated carbocycles. The molecule has 0 unspecified atom stereocenters. The van der Waals surface area contributed by atoms with E-state index in [1.54, 1.807) is 6.07 Å². The Labute approximate surface area is 154 Å². The minimum atomic E-state index is -3.01. The van der Waals surface area contributed by atoms with Gasteiger partial charge in [0, 0.05) is 17.2 Å². The second kappa shape index (κ2) is 8.11. The molecule has 0 amide bonds. The molecule has 0 heterocycles. The van der Waals surface area contributed by atoms with Crippen LogP contribution in [-0.2, 0) is 16.8 Å². The zero-order valence-electron chi connectivity index (χ0n) is 15.1. The van der Waals surface area contributed by atoms with Gasteiger partial charge in [-0.05, 0) is 17.5 Å². The molecule has 2 rings (SSSR count). The molecule has 0 atom stereocenters. The molecule has 144 valence electrons. The van der Waals surface area contributed by atoms with Crippen LogP contribution in [0.15, 0.2) is 42.5 Å². The fourth-order valence-corrected chi connectivity index (χ4v) is 2.50. The molecule has 0 radical (unpaired) electrons. The van der Waals surface area contributed by atoms with Crippen LogP contribution in [0.4, 0.5) is 14.5 Å². The highest BCUT2D eigenvalue weighted by Gasteiger charge is 2.26. The molecule has 27 heavy (non-hydrogen) atoms. The van der Waals surface area contributed by atoms with Crippen LogP contribution in [0, 0.1) is 10.1 Å². The highest BCUT2D eigenvalue weighted by Crippen LogP contribution is 2.32. The molecule has 0 saturated heterocycles. The average molecular weight is 379 g/mol. The van der Waals surface area contributed by atoms with Crippen molar-refractivity contribution in [1.82, 2.24) is 0 Å². The lowest BCUT2D eigenvalue weighted by Crippen LogP contribution is -2.15. The van der Waals surface area contributed by atoms with Gasteiger partial charge in [0.25, 0.3) is 5.69 Å². The van der Waals surface area contributed by atoms with Crippen molar-refractivity contribution in [3.05, 3.63) is 69.3 Å². The van der Waals surface area contributed by atoms with Crippen LogP contribution in [0.3, 0.4) is 0 Å². The second-order valence-electron chi connectivity index (χ2n) is 6.80. The summed E-state index contributed by atoms with van der Waals surface area (Å²) in [4.78, 5) is 23.0. The van der Waals surface area contributed by atoms with Crippen molar-refractivity contribution >= 4 is 11.7 Å². The van der Waals surface area contributed by atoms with Crippen LogP contribution in [0.5, 0.6) is 5.75 Å². The number of rotatable bonds is 6. The number of hydrogen-bond acceptors (Lipinski definition) is 5. The maximum atomic E-state index is 12.4. The summed E-state index contributed by atoms with van der Waals surface area (Å²) in [6.45, 7) is 2.17. The minimum Gasteiger partial charge on any atom is -0.457 e. The normalized spacial score (nSPS) is 11.3. The molecule has 6 nitrogen and oxygen atoms in total. The number of nitro benzene ring substituents is 1. The number of hydrogen-bond donors (Lipinski definition) is 0. The number of benzene rings is 2. The zero-order valence-corrected chi connectivity index (χ0v) is 15.1. The van der Waals surface area contributed by atoms with E-state index in [9.17, 15) is 23.7 Å². The van der Waals surface area contributed by atoms with E-state index in [2.05, 4.69) is 4.74 Å². The quantitative estimate of drug-likeness (QED) is 0.407. The fourth-order valence-electron chi connectivity index (χ4n) is 2.50. The summed E-state index contributed by atoms with van der Waals surface area (Å²) in [5, 5.41) is 11.3.